The highest BCUT2D eigenvalue weighted by Crippen LogP contribution is 2.13. The number of allylic oxidation sites excluding steroid dienone is 1. The van der Waals surface area contributed by atoms with Crippen molar-refractivity contribution in [1.82, 2.24) is 10.2 Å². The van der Waals surface area contributed by atoms with Gasteiger partial charge in [0.2, 0.25) is 0 Å². The van der Waals surface area contributed by atoms with Gasteiger partial charge >= 0.3 is 0 Å². The molecule has 0 aliphatic carbocycles. The maximum absolute atomic E-state index is 4.19. The molecule has 2 heterocycles. The fraction of sp³-hybridized carbons (Fsp3) is 0.222. The first-order valence-corrected chi connectivity index (χ1v) is 3.94. The van der Waals surface area contributed by atoms with Gasteiger partial charge in [0.1, 0.15) is 0 Å². The van der Waals surface area contributed by atoms with Crippen LogP contribution in [0.15, 0.2) is 29.5 Å². The monoisotopic (exact) mass is 159 g/mol. The zero-order chi connectivity index (χ0) is 8.23. The molecule has 0 fully saturated rings. The quantitative estimate of drug-likeness (QED) is 0.620. The Bertz CT molecular complexity index is 314. The lowest BCUT2D eigenvalue weighted by atomic mass is 10.1. The molecule has 0 unspecified atom stereocenters. The molecule has 0 N–H and O–H groups in total. The van der Waals surface area contributed by atoms with Gasteiger partial charge in [-0.2, -0.15) is 10.2 Å². The van der Waals surface area contributed by atoms with Crippen molar-refractivity contribution in [3.8, 4) is 0 Å². The third-order valence-corrected chi connectivity index (χ3v) is 1.77. The molecule has 0 saturated heterocycles. The van der Waals surface area contributed by atoms with E-state index in [0.717, 1.165) is 24.1 Å². The smallest absolute Gasteiger partial charge is 0.0575 e. The fourth-order valence-corrected chi connectivity index (χ4v) is 1.16. The maximum Gasteiger partial charge on any atom is 0.0575 e. The second-order valence-electron chi connectivity index (χ2n) is 2.61. The van der Waals surface area contributed by atoms with Gasteiger partial charge in [-0.3, -0.25) is 4.99 Å². The molecule has 1 aromatic rings. The molecule has 2 rings (SSSR count). The van der Waals surface area contributed by atoms with Crippen LogP contribution in [0.4, 0.5) is 0 Å². The van der Waals surface area contributed by atoms with Crippen molar-refractivity contribution in [1.29, 1.82) is 0 Å². The fourth-order valence-electron chi connectivity index (χ4n) is 1.16. The maximum atomic E-state index is 4.19. The zero-order valence-corrected chi connectivity index (χ0v) is 6.64. The molecule has 0 amide bonds. The van der Waals surface area contributed by atoms with E-state index in [-0.39, 0.29) is 0 Å². The summed E-state index contributed by atoms with van der Waals surface area (Å²) in [5.74, 6) is 0. The number of dihydropyridines is 1. The molecule has 1 aliphatic rings. The van der Waals surface area contributed by atoms with Crippen molar-refractivity contribution in [2.45, 2.75) is 6.42 Å². The number of hydrogen-bond donors (Lipinski definition) is 0. The van der Waals surface area contributed by atoms with Gasteiger partial charge in [0.05, 0.1) is 12.4 Å². The van der Waals surface area contributed by atoms with Gasteiger partial charge in [0.15, 0.2) is 0 Å². The molecule has 0 aromatic carbocycles. The molecule has 0 radical (unpaired) electrons. The molecule has 3 nitrogen and oxygen atoms in total. The van der Waals surface area contributed by atoms with Crippen LogP contribution in [0.25, 0.3) is 5.57 Å². The van der Waals surface area contributed by atoms with Crippen molar-refractivity contribution < 1.29 is 0 Å². The average Bonchev–Trinajstić information content (AvgIpc) is 2.21. The first-order valence-electron chi connectivity index (χ1n) is 3.94. The SMILES string of the molecule is C1=NCCC=C1c1ccnnc1. The highest BCUT2D eigenvalue weighted by molar-refractivity contribution is 6.10. The Morgan fingerprint density at radius 1 is 1.25 bits per heavy atom. The minimum absolute atomic E-state index is 0.905. The van der Waals surface area contributed by atoms with Gasteiger partial charge in [-0.15, -0.1) is 0 Å². The molecule has 60 valence electrons. The Labute approximate surface area is 70.9 Å². The van der Waals surface area contributed by atoms with Crippen LogP contribution in [-0.4, -0.2) is 23.0 Å². The van der Waals surface area contributed by atoms with Crippen LogP contribution in [0.3, 0.4) is 0 Å². The number of aliphatic imine (C=N–C) groups is 1. The first-order chi connectivity index (χ1) is 5.97. The summed E-state index contributed by atoms with van der Waals surface area (Å²) in [5.41, 5.74) is 2.24. The lowest BCUT2D eigenvalue weighted by Gasteiger charge is -2.04. The molecular weight excluding hydrogens is 150 g/mol. The standard InChI is InChI=1S/C9H9N3/c1-2-8(6-10-4-1)9-3-5-11-12-7-9/h2-3,5-7H,1,4H2. The van der Waals surface area contributed by atoms with Crippen LogP contribution in [0.2, 0.25) is 0 Å². The van der Waals surface area contributed by atoms with Crippen molar-refractivity contribution in [2.24, 2.45) is 4.99 Å². The van der Waals surface area contributed by atoms with Crippen LogP contribution in [0, 0.1) is 0 Å². The Kier molecular flexibility index (Phi) is 1.94. The van der Waals surface area contributed by atoms with Crippen LogP contribution >= 0.6 is 0 Å². The van der Waals surface area contributed by atoms with E-state index in [2.05, 4.69) is 21.3 Å². The van der Waals surface area contributed by atoms with Gasteiger partial charge in [0, 0.05) is 18.3 Å². The van der Waals surface area contributed by atoms with E-state index in [0.29, 0.717) is 0 Å². The summed E-state index contributed by atoms with van der Waals surface area (Å²) in [6, 6.07) is 1.94. The van der Waals surface area contributed by atoms with Crippen molar-refractivity contribution in [3.63, 3.8) is 0 Å². The third kappa shape index (κ3) is 1.39. The van der Waals surface area contributed by atoms with E-state index in [1.165, 1.54) is 0 Å². The summed E-state index contributed by atoms with van der Waals surface area (Å²) in [6.45, 7) is 0.905. The number of hydrogen-bond acceptors (Lipinski definition) is 3. The second kappa shape index (κ2) is 3.26. The zero-order valence-electron chi connectivity index (χ0n) is 6.64. The van der Waals surface area contributed by atoms with Crippen molar-refractivity contribution in [3.05, 3.63) is 30.1 Å². The third-order valence-electron chi connectivity index (χ3n) is 1.77. The van der Waals surface area contributed by atoms with E-state index < -0.39 is 0 Å². The van der Waals surface area contributed by atoms with Gasteiger partial charge in [-0.25, -0.2) is 0 Å². The molecule has 0 atom stereocenters. The van der Waals surface area contributed by atoms with Crippen LogP contribution < -0.4 is 0 Å². The topological polar surface area (TPSA) is 38.1 Å². The minimum Gasteiger partial charge on any atom is -0.292 e. The summed E-state index contributed by atoms with van der Waals surface area (Å²) in [6.07, 6.45) is 8.53. The molecule has 0 bridgehead atoms. The molecule has 0 saturated carbocycles. The van der Waals surface area contributed by atoms with Gasteiger partial charge < -0.3 is 0 Å². The number of nitrogens with zero attached hydrogens (tertiary/aromatic N) is 3. The lowest BCUT2D eigenvalue weighted by Crippen LogP contribution is -1.94. The molecule has 1 aromatic heterocycles. The predicted octanol–water partition coefficient (Wildman–Crippen LogP) is 1.33. The Balaban J connectivity index is 2.31. The normalized spacial score (nSPS) is 15.8. The lowest BCUT2D eigenvalue weighted by molar-refractivity contribution is 0.999. The predicted molar refractivity (Wildman–Crippen MR) is 48.0 cm³/mol. The Morgan fingerprint density at radius 2 is 2.25 bits per heavy atom. The minimum atomic E-state index is 0.905. The Morgan fingerprint density at radius 3 is 2.92 bits per heavy atom. The van der Waals surface area contributed by atoms with Crippen LogP contribution in [-0.2, 0) is 0 Å². The first kappa shape index (κ1) is 7.16. The molecule has 12 heavy (non-hydrogen) atoms. The van der Waals surface area contributed by atoms with Gasteiger partial charge in [-0.1, -0.05) is 6.08 Å². The van der Waals surface area contributed by atoms with E-state index in [1.807, 2.05) is 12.3 Å². The second-order valence-corrected chi connectivity index (χ2v) is 2.61. The van der Waals surface area contributed by atoms with Gasteiger partial charge in [-0.05, 0) is 18.1 Å². The van der Waals surface area contributed by atoms with E-state index in [1.54, 1.807) is 12.4 Å². The summed E-state index contributed by atoms with van der Waals surface area (Å²) < 4.78 is 0. The Hall–Kier alpha value is -1.51. The average molecular weight is 159 g/mol. The van der Waals surface area contributed by atoms with E-state index >= 15 is 0 Å². The molecule has 0 spiro atoms. The van der Waals surface area contributed by atoms with Gasteiger partial charge in [0.25, 0.3) is 0 Å². The van der Waals surface area contributed by atoms with Crippen LogP contribution in [0.5, 0.6) is 0 Å². The van der Waals surface area contributed by atoms with Crippen molar-refractivity contribution >= 4 is 11.8 Å². The van der Waals surface area contributed by atoms with Crippen LogP contribution in [0.1, 0.15) is 12.0 Å². The van der Waals surface area contributed by atoms with E-state index in [9.17, 15) is 0 Å². The van der Waals surface area contributed by atoms with Crippen molar-refractivity contribution in [2.75, 3.05) is 6.54 Å². The summed E-state index contributed by atoms with van der Waals surface area (Å²) in [7, 11) is 0. The molecule has 1 aliphatic heterocycles. The largest absolute Gasteiger partial charge is 0.292 e. The van der Waals surface area contributed by atoms with E-state index in [4.69, 9.17) is 0 Å². The highest BCUT2D eigenvalue weighted by atomic mass is 15.1. The molecular formula is C9H9N3. The number of rotatable bonds is 1. The highest BCUT2D eigenvalue weighted by Gasteiger charge is 2.00. The molecule has 3 heteroatoms. The summed E-state index contributed by atoms with van der Waals surface area (Å²) in [5, 5.41) is 7.53. The number of aromatic nitrogens is 2. The summed E-state index contributed by atoms with van der Waals surface area (Å²) >= 11 is 0. The summed E-state index contributed by atoms with van der Waals surface area (Å²) in [4.78, 5) is 4.19.